The van der Waals surface area contributed by atoms with E-state index in [0.717, 1.165) is 10.0 Å². The first-order valence-electron chi connectivity index (χ1n) is 6.10. The standard InChI is InChI=1S/C15H14BrClN2O/c1-10-3-2-4-11(7-10)9-18-15(20)19-14-6-5-12(16)8-13(14)17/h2-8H,9H2,1H3,(H2,18,19,20). The molecule has 0 aliphatic carbocycles. The van der Waals surface area contributed by atoms with Gasteiger partial charge in [0.05, 0.1) is 10.7 Å². The van der Waals surface area contributed by atoms with E-state index >= 15 is 0 Å². The highest BCUT2D eigenvalue weighted by molar-refractivity contribution is 9.10. The van der Waals surface area contributed by atoms with Crippen LogP contribution in [-0.4, -0.2) is 6.03 Å². The van der Waals surface area contributed by atoms with Crippen LogP contribution < -0.4 is 10.6 Å². The molecule has 0 atom stereocenters. The van der Waals surface area contributed by atoms with E-state index in [4.69, 9.17) is 11.6 Å². The van der Waals surface area contributed by atoms with Crippen LogP contribution in [0.2, 0.25) is 5.02 Å². The van der Waals surface area contributed by atoms with Crippen LogP contribution in [0.4, 0.5) is 10.5 Å². The van der Waals surface area contributed by atoms with Gasteiger partial charge in [-0.3, -0.25) is 0 Å². The average Bonchev–Trinajstić information content (AvgIpc) is 2.40. The number of amides is 2. The Bertz CT molecular complexity index is 631. The van der Waals surface area contributed by atoms with Gasteiger partial charge in [-0.05, 0) is 30.7 Å². The number of aryl methyl sites for hydroxylation is 1. The third-order valence-electron chi connectivity index (χ3n) is 2.71. The summed E-state index contributed by atoms with van der Waals surface area (Å²) >= 11 is 9.36. The summed E-state index contributed by atoms with van der Waals surface area (Å²) in [7, 11) is 0. The molecule has 20 heavy (non-hydrogen) atoms. The Morgan fingerprint density at radius 2 is 2.05 bits per heavy atom. The number of halogens is 2. The van der Waals surface area contributed by atoms with Crippen LogP contribution in [0.3, 0.4) is 0 Å². The van der Waals surface area contributed by atoms with Crippen LogP contribution in [0.25, 0.3) is 0 Å². The van der Waals surface area contributed by atoms with Gasteiger partial charge in [-0.2, -0.15) is 0 Å². The third-order valence-corrected chi connectivity index (χ3v) is 3.52. The quantitative estimate of drug-likeness (QED) is 0.822. The molecule has 2 aromatic carbocycles. The van der Waals surface area contributed by atoms with E-state index in [1.54, 1.807) is 12.1 Å². The average molecular weight is 354 g/mol. The monoisotopic (exact) mass is 352 g/mol. The molecule has 0 saturated heterocycles. The minimum atomic E-state index is -0.282. The van der Waals surface area contributed by atoms with Gasteiger partial charge in [0.2, 0.25) is 0 Å². The van der Waals surface area contributed by atoms with Crippen LogP contribution in [0.15, 0.2) is 46.9 Å². The number of carbonyl (C=O) groups is 1. The fourth-order valence-electron chi connectivity index (χ4n) is 1.76. The van der Waals surface area contributed by atoms with Gasteiger partial charge in [0, 0.05) is 11.0 Å². The van der Waals surface area contributed by atoms with Crippen LogP contribution >= 0.6 is 27.5 Å². The Balaban J connectivity index is 1.92. The van der Waals surface area contributed by atoms with E-state index in [1.165, 1.54) is 5.56 Å². The predicted octanol–water partition coefficient (Wildman–Crippen LogP) is 4.73. The summed E-state index contributed by atoms with van der Waals surface area (Å²) in [4.78, 5) is 11.8. The molecule has 0 bridgehead atoms. The molecule has 3 nitrogen and oxygen atoms in total. The fourth-order valence-corrected chi connectivity index (χ4v) is 2.48. The van der Waals surface area contributed by atoms with Gasteiger partial charge >= 0.3 is 6.03 Å². The Hall–Kier alpha value is -1.52. The van der Waals surface area contributed by atoms with Gasteiger partial charge in [-0.1, -0.05) is 57.4 Å². The summed E-state index contributed by atoms with van der Waals surface area (Å²) in [5, 5.41) is 6.01. The van der Waals surface area contributed by atoms with E-state index in [1.807, 2.05) is 37.3 Å². The first kappa shape index (κ1) is 14.9. The van der Waals surface area contributed by atoms with Gasteiger partial charge in [0.15, 0.2) is 0 Å². The van der Waals surface area contributed by atoms with Gasteiger partial charge in [0.1, 0.15) is 0 Å². The van der Waals surface area contributed by atoms with E-state index in [2.05, 4.69) is 26.6 Å². The minimum Gasteiger partial charge on any atom is -0.334 e. The van der Waals surface area contributed by atoms with E-state index in [9.17, 15) is 4.79 Å². The number of hydrogen-bond acceptors (Lipinski definition) is 1. The van der Waals surface area contributed by atoms with Crippen molar-refractivity contribution in [3.63, 3.8) is 0 Å². The molecule has 2 rings (SSSR count). The fraction of sp³-hybridized carbons (Fsp3) is 0.133. The van der Waals surface area contributed by atoms with Gasteiger partial charge in [-0.15, -0.1) is 0 Å². The number of rotatable bonds is 3. The summed E-state index contributed by atoms with van der Waals surface area (Å²) in [6.07, 6.45) is 0. The summed E-state index contributed by atoms with van der Waals surface area (Å²) in [6, 6.07) is 13.0. The van der Waals surface area contributed by atoms with Crippen molar-refractivity contribution in [2.75, 3.05) is 5.32 Å². The molecular weight excluding hydrogens is 340 g/mol. The SMILES string of the molecule is Cc1cccc(CNC(=O)Nc2ccc(Br)cc2Cl)c1. The van der Waals surface area contributed by atoms with E-state index in [-0.39, 0.29) is 6.03 Å². The molecule has 0 aromatic heterocycles. The highest BCUT2D eigenvalue weighted by Crippen LogP contribution is 2.25. The Morgan fingerprint density at radius 3 is 2.75 bits per heavy atom. The number of urea groups is 1. The van der Waals surface area contributed by atoms with Gasteiger partial charge < -0.3 is 10.6 Å². The maximum atomic E-state index is 11.8. The van der Waals surface area contributed by atoms with Crippen LogP contribution in [-0.2, 0) is 6.54 Å². The van der Waals surface area contributed by atoms with E-state index in [0.29, 0.717) is 17.3 Å². The molecular formula is C15H14BrClN2O. The molecule has 0 radical (unpaired) electrons. The maximum Gasteiger partial charge on any atom is 0.319 e. The maximum absolute atomic E-state index is 11.8. The van der Waals surface area contributed by atoms with Crippen molar-refractivity contribution in [1.29, 1.82) is 0 Å². The van der Waals surface area contributed by atoms with Crippen molar-refractivity contribution in [1.82, 2.24) is 5.32 Å². The molecule has 0 unspecified atom stereocenters. The Kier molecular flexibility index (Phi) is 5.04. The number of hydrogen-bond donors (Lipinski definition) is 2. The second kappa shape index (κ2) is 6.77. The topological polar surface area (TPSA) is 41.1 Å². The molecule has 0 saturated carbocycles. The summed E-state index contributed by atoms with van der Waals surface area (Å²) < 4.78 is 0.869. The van der Waals surface area contributed by atoms with Crippen LogP contribution in [0.1, 0.15) is 11.1 Å². The Labute approximate surface area is 131 Å². The number of carbonyl (C=O) groups excluding carboxylic acids is 1. The molecule has 5 heteroatoms. The zero-order valence-corrected chi connectivity index (χ0v) is 13.3. The lowest BCUT2D eigenvalue weighted by Crippen LogP contribution is -2.28. The van der Waals surface area contributed by atoms with Crippen molar-refractivity contribution >= 4 is 39.2 Å². The summed E-state index contributed by atoms with van der Waals surface area (Å²) in [6.45, 7) is 2.49. The number of nitrogens with one attached hydrogen (secondary N) is 2. The zero-order valence-electron chi connectivity index (χ0n) is 10.9. The first-order chi connectivity index (χ1) is 9.54. The first-order valence-corrected chi connectivity index (χ1v) is 7.27. The van der Waals surface area contributed by atoms with Crippen molar-refractivity contribution in [3.8, 4) is 0 Å². The van der Waals surface area contributed by atoms with Gasteiger partial charge in [-0.25, -0.2) is 4.79 Å². The van der Waals surface area contributed by atoms with Crippen LogP contribution in [0.5, 0.6) is 0 Å². The minimum absolute atomic E-state index is 0.282. The molecule has 0 fully saturated rings. The second-order valence-corrected chi connectivity index (χ2v) is 5.74. The lowest BCUT2D eigenvalue weighted by molar-refractivity contribution is 0.251. The normalized spacial score (nSPS) is 10.2. The highest BCUT2D eigenvalue weighted by Gasteiger charge is 2.05. The smallest absolute Gasteiger partial charge is 0.319 e. The van der Waals surface area contributed by atoms with Crippen molar-refractivity contribution in [3.05, 3.63) is 63.1 Å². The van der Waals surface area contributed by atoms with Crippen molar-refractivity contribution in [2.45, 2.75) is 13.5 Å². The zero-order chi connectivity index (χ0) is 14.5. The highest BCUT2D eigenvalue weighted by atomic mass is 79.9. The molecule has 2 aromatic rings. The second-order valence-electron chi connectivity index (χ2n) is 4.42. The molecule has 2 amide bonds. The summed E-state index contributed by atoms with van der Waals surface area (Å²) in [5.74, 6) is 0. The molecule has 2 N–H and O–H groups in total. The molecule has 0 heterocycles. The predicted molar refractivity (Wildman–Crippen MR) is 86.2 cm³/mol. The van der Waals surface area contributed by atoms with Crippen molar-refractivity contribution < 1.29 is 4.79 Å². The Morgan fingerprint density at radius 1 is 1.25 bits per heavy atom. The largest absolute Gasteiger partial charge is 0.334 e. The molecule has 0 aliphatic heterocycles. The van der Waals surface area contributed by atoms with Crippen LogP contribution in [0, 0.1) is 6.92 Å². The molecule has 0 aliphatic rings. The van der Waals surface area contributed by atoms with Gasteiger partial charge in [0.25, 0.3) is 0 Å². The molecule has 104 valence electrons. The lowest BCUT2D eigenvalue weighted by atomic mass is 10.1. The molecule has 0 spiro atoms. The third kappa shape index (κ3) is 4.25. The lowest BCUT2D eigenvalue weighted by Gasteiger charge is -2.09. The number of anilines is 1. The van der Waals surface area contributed by atoms with Crippen molar-refractivity contribution in [2.24, 2.45) is 0 Å². The number of benzene rings is 2. The van der Waals surface area contributed by atoms with E-state index < -0.39 is 0 Å². The summed E-state index contributed by atoms with van der Waals surface area (Å²) in [5.41, 5.74) is 2.80.